The van der Waals surface area contributed by atoms with Gasteiger partial charge in [0.1, 0.15) is 11.4 Å². The average Bonchev–Trinajstić information content (AvgIpc) is 2.30. The highest BCUT2D eigenvalue weighted by molar-refractivity contribution is 5.96. The molecule has 0 aliphatic rings. The monoisotopic (exact) mass is 237 g/mol. The van der Waals surface area contributed by atoms with Gasteiger partial charge in [-0.15, -0.1) is 0 Å². The van der Waals surface area contributed by atoms with Crippen molar-refractivity contribution in [3.63, 3.8) is 0 Å². The van der Waals surface area contributed by atoms with Gasteiger partial charge in [0.15, 0.2) is 0 Å². The minimum absolute atomic E-state index is 0.162. The van der Waals surface area contributed by atoms with E-state index >= 15 is 0 Å². The number of ether oxygens (including phenoxy) is 2. The lowest BCUT2D eigenvalue weighted by molar-refractivity contribution is -0.136. The van der Waals surface area contributed by atoms with Gasteiger partial charge >= 0.3 is 0 Å². The minimum atomic E-state index is -0.825. The molecule has 1 rings (SSSR count). The summed E-state index contributed by atoms with van der Waals surface area (Å²) < 4.78 is 10.4. The number of rotatable bonds is 5. The van der Waals surface area contributed by atoms with Crippen LogP contribution < -0.4 is 10.1 Å². The first kappa shape index (κ1) is 13.5. The molecule has 0 bridgehead atoms. The highest BCUT2D eigenvalue weighted by atomic mass is 16.5. The fourth-order valence-electron chi connectivity index (χ4n) is 1.38. The zero-order valence-corrected chi connectivity index (χ0v) is 10.7. The summed E-state index contributed by atoms with van der Waals surface area (Å²) in [6.45, 7) is 5.86. The maximum atomic E-state index is 11.9. The standard InChI is InChI=1S/C13H19NO3/c1-5-17-13(2,3)12(15)14-10-6-8-11(16-4)9-7-10/h6-9H,5H2,1-4H3,(H,14,15). The van der Waals surface area contributed by atoms with E-state index in [2.05, 4.69) is 5.32 Å². The van der Waals surface area contributed by atoms with Gasteiger partial charge in [-0.05, 0) is 45.0 Å². The van der Waals surface area contributed by atoms with Crippen molar-refractivity contribution in [3.05, 3.63) is 24.3 Å². The van der Waals surface area contributed by atoms with Gasteiger partial charge < -0.3 is 14.8 Å². The van der Waals surface area contributed by atoms with Crippen molar-refractivity contribution in [1.29, 1.82) is 0 Å². The van der Waals surface area contributed by atoms with Gasteiger partial charge in [0.25, 0.3) is 5.91 Å². The second kappa shape index (κ2) is 5.68. The van der Waals surface area contributed by atoms with Gasteiger partial charge in [-0.1, -0.05) is 0 Å². The maximum absolute atomic E-state index is 11.9. The summed E-state index contributed by atoms with van der Waals surface area (Å²) in [6.07, 6.45) is 0. The fraction of sp³-hybridized carbons (Fsp3) is 0.462. The predicted molar refractivity (Wildman–Crippen MR) is 67.3 cm³/mol. The Morgan fingerprint density at radius 1 is 1.29 bits per heavy atom. The number of anilines is 1. The lowest BCUT2D eigenvalue weighted by Gasteiger charge is -2.23. The van der Waals surface area contributed by atoms with Crippen LogP contribution in [-0.4, -0.2) is 25.2 Å². The summed E-state index contributed by atoms with van der Waals surface area (Å²) in [5, 5.41) is 2.80. The number of carbonyl (C=O) groups excluding carboxylic acids is 1. The van der Waals surface area contributed by atoms with E-state index < -0.39 is 5.60 Å². The minimum Gasteiger partial charge on any atom is -0.497 e. The van der Waals surface area contributed by atoms with Gasteiger partial charge in [0.2, 0.25) is 0 Å². The average molecular weight is 237 g/mol. The van der Waals surface area contributed by atoms with Crippen LogP contribution in [0, 0.1) is 0 Å². The third kappa shape index (κ3) is 3.75. The van der Waals surface area contributed by atoms with Crippen molar-refractivity contribution in [1.82, 2.24) is 0 Å². The van der Waals surface area contributed by atoms with E-state index in [0.717, 1.165) is 11.4 Å². The molecule has 0 spiro atoms. The Bertz CT molecular complexity index is 371. The molecule has 0 aromatic heterocycles. The molecule has 0 aliphatic heterocycles. The SMILES string of the molecule is CCOC(C)(C)C(=O)Nc1ccc(OC)cc1. The first-order valence-electron chi connectivity index (χ1n) is 5.59. The van der Waals surface area contributed by atoms with Crippen LogP contribution in [0.25, 0.3) is 0 Å². The van der Waals surface area contributed by atoms with Crippen LogP contribution >= 0.6 is 0 Å². The maximum Gasteiger partial charge on any atom is 0.256 e. The first-order chi connectivity index (χ1) is 7.99. The molecule has 94 valence electrons. The third-order valence-corrected chi connectivity index (χ3v) is 2.40. The Balaban J connectivity index is 2.67. The molecule has 0 fully saturated rings. The van der Waals surface area contributed by atoms with E-state index in [9.17, 15) is 4.79 Å². The third-order valence-electron chi connectivity index (χ3n) is 2.40. The second-order valence-corrected chi connectivity index (χ2v) is 4.13. The summed E-state index contributed by atoms with van der Waals surface area (Å²) in [5.74, 6) is 0.594. The highest BCUT2D eigenvalue weighted by Crippen LogP contribution is 2.17. The van der Waals surface area contributed by atoms with Crippen molar-refractivity contribution in [2.24, 2.45) is 0 Å². The number of hydrogen-bond donors (Lipinski definition) is 1. The van der Waals surface area contributed by atoms with Gasteiger partial charge in [-0.25, -0.2) is 0 Å². The molecule has 4 nitrogen and oxygen atoms in total. The second-order valence-electron chi connectivity index (χ2n) is 4.13. The lowest BCUT2D eigenvalue weighted by atomic mass is 10.1. The summed E-state index contributed by atoms with van der Waals surface area (Å²) in [6, 6.07) is 7.17. The van der Waals surface area contributed by atoms with Crippen LogP contribution in [-0.2, 0) is 9.53 Å². The number of methoxy groups -OCH3 is 1. The summed E-state index contributed by atoms with van der Waals surface area (Å²) in [7, 11) is 1.60. The Hall–Kier alpha value is -1.55. The van der Waals surface area contributed by atoms with Crippen molar-refractivity contribution in [2.45, 2.75) is 26.4 Å². The van der Waals surface area contributed by atoms with Gasteiger partial charge in [0.05, 0.1) is 7.11 Å². The van der Waals surface area contributed by atoms with Crippen LogP contribution in [0.2, 0.25) is 0 Å². The van der Waals surface area contributed by atoms with E-state index in [4.69, 9.17) is 9.47 Å². The van der Waals surface area contributed by atoms with E-state index in [1.54, 1.807) is 45.2 Å². The molecule has 1 aromatic rings. The molecule has 1 amide bonds. The van der Waals surface area contributed by atoms with Gasteiger partial charge in [-0.3, -0.25) is 4.79 Å². The summed E-state index contributed by atoms with van der Waals surface area (Å²) in [5.41, 5.74) is -0.0992. The largest absolute Gasteiger partial charge is 0.497 e. The number of hydrogen-bond acceptors (Lipinski definition) is 3. The van der Waals surface area contributed by atoms with Gasteiger partial charge in [0, 0.05) is 12.3 Å². The Labute approximate surface area is 102 Å². The molecule has 1 N–H and O–H groups in total. The number of nitrogens with one attached hydrogen (secondary N) is 1. The predicted octanol–water partition coefficient (Wildman–Crippen LogP) is 2.45. The zero-order valence-electron chi connectivity index (χ0n) is 10.7. The molecule has 0 saturated carbocycles. The molecule has 17 heavy (non-hydrogen) atoms. The molecule has 0 saturated heterocycles. The molecule has 0 radical (unpaired) electrons. The summed E-state index contributed by atoms with van der Waals surface area (Å²) in [4.78, 5) is 11.9. The van der Waals surface area contributed by atoms with E-state index in [-0.39, 0.29) is 5.91 Å². The molecule has 0 atom stereocenters. The van der Waals surface area contributed by atoms with Crippen LogP contribution in [0.5, 0.6) is 5.75 Å². The Kier molecular flexibility index (Phi) is 4.52. The fourth-order valence-corrected chi connectivity index (χ4v) is 1.38. The van der Waals surface area contributed by atoms with Crippen LogP contribution in [0.3, 0.4) is 0 Å². The molecule has 4 heteroatoms. The lowest BCUT2D eigenvalue weighted by Crippen LogP contribution is -2.39. The molecule has 1 aromatic carbocycles. The zero-order chi connectivity index (χ0) is 12.9. The van der Waals surface area contributed by atoms with Crippen LogP contribution in [0.15, 0.2) is 24.3 Å². The van der Waals surface area contributed by atoms with Crippen LogP contribution in [0.1, 0.15) is 20.8 Å². The Morgan fingerprint density at radius 3 is 2.35 bits per heavy atom. The molecular formula is C13H19NO3. The highest BCUT2D eigenvalue weighted by Gasteiger charge is 2.27. The van der Waals surface area contributed by atoms with E-state index in [1.807, 2.05) is 6.92 Å². The van der Waals surface area contributed by atoms with E-state index in [0.29, 0.717) is 6.61 Å². The molecule has 0 heterocycles. The number of carbonyl (C=O) groups is 1. The normalized spacial score (nSPS) is 11.1. The quantitative estimate of drug-likeness (QED) is 0.855. The van der Waals surface area contributed by atoms with Crippen molar-refractivity contribution >= 4 is 11.6 Å². The topological polar surface area (TPSA) is 47.6 Å². The summed E-state index contributed by atoms with van der Waals surface area (Å²) >= 11 is 0. The number of benzene rings is 1. The van der Waals surface area contributed by atoms with Crippen molar-refractivity contribution < 1.29 is 14.3 Å². The molecular weight excluding hydrogens is 218 g/mol. The van der Waals surface area contributed by atoms with Crippen molar-refractivity contribution in [2.75, 3.05) is 19.0 Å². The number of amides is 1. The Morgan fingerprint density at radius 2 is 1.88 bits per heavy atom. The molecule has 0 unspecified atom stereocenters. The van der Waals surface area contributed by atoms with E-state index in [1.165, 1.54) is 0 Å². The smallest absolute Gasteiger partial charge is 0.256 e. The van der Waals surface area contributed by atoms with Crippen molar-refractivity contribution in [3.8, 4) is 5.75 Å². The van der Waals surface area contributed by atoms with Gasteiger partial charge in [-0.2, -0.15) is 0 Å². The first-order valence-corrected chi connectivity index (χ1v) is 5.59. The van der Waals surface area contributed by atoms with Crippen LogP contribution in [0.4, 0.5) is 5.69 Å². The molecule has 0 aliphatic carbocycles.